The molecule has 4 N–H and O–H groups in total. The van der Waals surface area contributed by atoms with Gasteiger partial charge in [0.05, 0.1) is 32.8 Å². The zero-order chi connectivity index (χ0) is 18.4. The molecule has 0 aliphatic heterocycles. The van der Waals surface area contributed by atoms with Crippen LogP contribution in [0.25, 0.3) is 0 Å². The van der Waals surface area contributed by atoms with E-state index >= 15 is 0 Å². The molecule has 0 aromatic rings. The zero-order valence-corrected chi connectivity index (χ0v) is 13.6. The number of nitrogens with two attached hydrogens (primary N) is 1. The summed E-state index contributed by atoms with van der Waals surface area (Å²) >= 11 is 4.94. The summed E-state index contributed by atoms with van der Waals surface area (Å²) in [6.07, 6.45) is -5.66. The Bertz CT molecular complexity index is 410. The van der Waals surface area contributed by atoms with Gasteiger partial charge in [0.2, 0.25) is 0 Å². The van der Waals surface area contributed by atoms with E-state index in [1.165, 1.54) is 0 Å². The number of halogens is 3. The second-order valence-corrected chi connectivity index (χ2v) is 4.61. The Kier molecular flexibility index (Phi) is 12.1. The fourth-order valence-electron chi connectivity index (χ4n) is 1.17. The Morgan fingerprint density at radius 1 is 1.00 bits per heavy atom. The lowest BCUT2D eigenvalue weighted by Crippen LogP contribution is -2.39. The minimum absolute atomic E-state index is 0.135. The zero-order valence-electron chi connectivity index (χ0n) is 12.8. The second kappa shape index (κ2) is 12.9. The monoisotopic (exact) mass is 375 g/mol. The van der Waals surface area contributed by atoms with Crippen LogP contribution in [0.3, 0.4) is 0 Å². The topological polar surface area (TPSA) is 112 Å². The van der Waals surface area contributed by atoms with Crippen molar-refractivity contribution in [2.75, 3.05) is 46.1 Å². The van der Waals surface area contributed by atoms with Gasteiger partial charge in [-0.2, -0.15) is 13.2 Å². The molecule has 0 bridgehead atoms. The average molecular weight is 375 g/mol. The first-order valence-electron chi connectivity index (χ1n) is 6.96. The van der Waals surface area contributed by atoms with Crippen LogP contribution in [0.15, 0.2) is 0 Å². The molecule has 0 saturated heterocycles. The summed E-state index contributed by atoms with van der Waals surface area (Å²) in [4.78, 5) is 21.3. The molecule has 0 heterocycles. The van der Waals surface area contributed by atoms with Crippen LogP contribution >= 0.6 is 12.2 Å². The molecule has 0 unspecified atom stereocenters. The van der Waals surface area contributed by atoms with Gasteiger partial charge in [0.15, 0.2) is 5.11 Å². The first-order valence-corrected chi connectivity index (χ1v) is 7.37. The van der Waals surface area contributed by atoms with Crippen molar-refractivity contribution in [3.8, 4) is 0 Å². The largest absolute Gasteiger partial charge is 0.491 e. The highest BCUT2D eigenvalue weighted by atomic mass is 32.1. The number of hydrogen-bond donors (Lipinski definition) is 3. The van der Waals surface area contributed by atoms with Crippen LogP contribution in [0.2, 0.25) is 0 Å². The number of hydrogen-bond acceptors (Lipinski definition) is 7. The third-order valence-corrected chi connectivity index (χ3v) is 2.51. The SMILES string of the molecule is NCCNC(=S)NCCOCCOCCC(=O)OC(=O)C(F)(F)F. The van der Waals surface area contributed by atoms with Gasteiger partial charge in [-0.1, -0.05) is 0 Å². The van der Waals surface area contributed by atoms with E-state index in [9.17, 15) is 22.8 Å². The molecule has 0 atom stereocenters. The first-order chi connectivity index (χ1) is 11.3. The number of carbonyl (C=O) groups excluding carboxylic acids is 2. The summed E-state index contributed by atoms with van der Waals surface area (Å²) in [5.41, 5.74) is 5.29. The van der Waals surface area contributed by atoms with Gasteiger partial charge in [-0.05, 0) is 12.2 Å². The van der Waals surface area contributed by atoms with E-state index in [0.29, 0.717) is 31.4 Å². The summed E-state index contributed by atoms with van der Waals surface area (Å²) in [6, 6.07) is 0. The van der Waals surface area contributed by atoms with Crippen molar-refractivity contribution in [1.82, 2.24) is 10.6 Å². The van der Waals surface area contributed by atoms with Crippen molar-refractivity contribution in [3.05, 3.63) is 0 Å². The standard InChI is InChI=1S/C12H20F3N3O5S/c13-12(14,15)10(20)23-9(19)1-5-21-7-8-22-6-4-18-11(24)17-3-2-16/h1-8,16H2,(H2,17,18,24). The molecule has 0 spiro atoms. The molecule has 0 aromatic heterocycles. The highest BCUT2D eigenvalue weighted by Crippen LogP contribution is 2.16. The second-order valence-electron chi connectivity index (χ2n) is 4.21. The van der Waals surface area contributed by atoms with Crippen LogP contribution in [0.5, 0.6) is 0 Å². The maximum Gasteiger partial charge on any atom is 0.491 e. The minimum Gasteiger partial charge on any atom is -0.386 e. The number of ether oxygens (including phenoxy) is 3. The van der Waals surface area contributed by atoms with Crippen LogP contribution in [-0.4, -0.2) is 69.3 Å². The molecule has 0 rings (SSSR count). The molecule has 0 aliphatic rings. The molecule has 8 nitrogen and oxygen atoms in total. The third-order valence-electron chi connectivity index (χ3n) is 2.22. The van der Waals surface area contributed by atoms with Crippen LogP contribution < -0.4 is 16.4 Å². The fraction of sp³-hybridized carbons (Fsp3) is 0.750. The molecule has 0 fully saturated rings. The van der Waals surface area contributed by atoms with Gasteiger partial charge in [0.25, 0.3) is 0 Å². The summed E-state index contributed by atoms with van der Waals surface area (Å²) in [5, 5.41) is 6.21. The third kappa shape index (κ3) is 13.0. The van der Waals surface area contributed by atoms with Crippen molar-refractivity contribution in [2.24, 2.45) is 5.73 Å². The van der Waals surface area contributed by atoms with E-state index in [1.807, 2.05) is 0 Å². The van der Waals surface area contributed by atoms with E-state index in [4.69, 9.17) is 27.4 Å². The predicted octanol–water partition coefficient (Wildman–Crippen LogP) is -0.535. The molecule has 140 valence electrons. The van der Waals surface area contributed by atoms with E-state index in [0.717, 1.165) is 0 Å². The number of esters is 2. The van der Waals surface area contributed by atoms with E-state index in [1.54, 1.807) is 0 Å². The van der Waals surface area contributed by atoms with Gasteiger partial charge in [0, 0.05) is 19.6 Å². The molecule has 12 heteroatoms. The van der Waals surface area contributed by atoms with Crippen molar-refractivity contribution in [2.45, 2.75) is 12.6 Å². The fourth-order valence-corrected chi connectivity index (χ4v) is 1.38. The van der Waals surface area contributed by atoms with Crippen molar-refractivity contribution in [1.29, 1.82) is 0 Å². The van der Waals surface area contributed by atoms with E-state index in [-0.39, 0.29) is 19.8 Å². The van der Waals surface area contributed by atoms with Crippen molar-refractivity contribution < 1.29 is 37.0 Å². The van der Waals surface area contributed by atoms with Gasteiger partial charge in [0.1, 0.15) is 0 Å². The number of carbonyl (C=O) groups is 2. The molecule has 24 heavy (non-hydrogen) atoms. The predicted molar refractivity (Wildman–Crippen MR) is 81.1 cm³/mol. The van der Waals surface area contributed by atoms with Crippen LogP contribution in [0, 0.1) is 0 Å². The quantitative estimate of drug-likeness (QED) is 0.190. The molecular weight excluding hydrogens is 355 g/mol. The summed E-state index contributed by atoms with van der Waals surface area (Å²) in [6.45, 7) is 2.04. The Balaban J connectivity index is 3.44. The molecule has 0 aromatic carbocycles. The molecule has 0 amide bonds. The lowest BCUT2D eigenvalue weighted by molar-refractivity contribution is -0.202. The maximum absolute atomic E-state index is 11.8. The van der Waals surface area contributed by atoms with Crippen molar-refractivity contribution in [3.63, 3.8) is 0 Å². The maximum atomic E-state index is 11.8. The Labute approximate surface area is 142 Å². The molecular formula is C12H20F3N3O5S. The van der Waals surface area contributed by atoms with E-state index < -0.39 is 24.5 Å². The average Bonchev–Trinajstić information content (AvgIpc) is 2.50. The van der Waals surface area contributed by atoms with Gasteiger partial charge in [-0.15, -0.1) is 0 Å². The number of thiocarbonyl (C=S) groups is 1. The Morgan fingerprint density at radius 3 is 2.17 bits per heavy atom. The van der Waals surface area contributed by atoms with Crippen LogP contribution in [0.1, 0.15) is 6.42 Å². The Morgan fingerprint density at radius 2 is 1.58 bits per heavy atom. The first kappa shape index (κ1) is 22.5. The number of nitrogens with one attached hydrogen (secondary N) is 2. The molecule has 0 saturated carbocycles. The highest BCUT2D eigenvalue weighted by Gasteiger charge is 2.42. The van der Waals surface area contributed by atoms with Crippen molar-refractivity contribution >= 4 is 29.3 Å². The van der Waals surface area contributed by atoms with Crippen LogP contribution in [-0.2, 0) is 23.8 Å². The minimum atomic E-state index is -5.19. The van der Waals surface area contributed by atoms with E-state index in [2.05, 4.69) is 15.4 Å². The normalized spacial score (nSPS) is 11.0. The van der Waals surface area contributed by atoms with Crippen LogP contribution in [0.4, 0.5) is 13.2 Å². The van der Waals surface area contributed by atoms with Gasteiger partial charge in [-0.25, -0.2) is 4.79 Å². The number of rotatable bonds is 11. The molecule has 0 radical (unpaired) electrons. The van der Waals surface area contributed by atoms with Gasteiger partial charge < -0.3 is 30.6 Å². The lowest BCUT2D eigenvalue weighted by atomic mass is 10.4. The molecule has 0 aliphatic carbocycles. The highest BCUT2D eigenvalue weighted by molar-refractivity contribution is 7.80. The summed E-state index contributed by atoms with van der Waals surface area (Å²) in [5.74, 6) is -3.84. The van der Waals surface area contributed by atoms with Gasteiger partial charge >= 0.3 is 18.1 Å². The number of alkyl halides is 3. The summed E-state index contributed by atoms with van der Waals surface area (Å²) < 4.78 is 49.2. The van der Waals surface area contributed by atoms with Gasteiger partial charge in [-0.3, -0.25) is 4.79 Å². The lowest BCUT2D eigenvalue weighted by Gasteiger charge is -2.10. The smallest absolute Gasteiger partial charge is 0.386 e. The Hall–Kier alpha value is -1.50. The summed E-state index contributed by atoms with van der Waals surface area (Å²) in [7, 11) is 0.